The first-order chi connectivity index (χ1) is 18.3. The van der Waals surface area contributed by atoms with Crippen molar-refractivity contribution >= 4 is 62.7 Å². The van der Waals surface area contributed by atoms with Gasteiger partial charge >= 0.3 is 0 Å². The van der Waals surface area contributed by atoms with Crippen LogP contribution in [0.3, 0.4) is 0 Å². The van der Waals surface area contributed by atoms with Crippen molar-refractivity contribution in [2.75, 3.05) is 11.9 Å². The summed E-state index contributed by atoms with van der Waals surface area (Å²) in [6.07, 6.45) is 1.54. The highest BCUT2D eigenvalue weighted by Gasteiger charge is 2.40. The molecule has 2 aliphatic heterocycles. The number of likely N-dealkylation sites (N-methyl/N-ethyl adjacent to an activating group) is 1. The average molecular weight is 518 g/mol. The minimum atomic E-state index is -0.477. The summed E-state index contributed by atoms with van der Waals surface area (Å²) in [5.41, 5.74) is 4.59. The molecule has 0 unspecified atom stereocenters. The molecule has 0 saturated carbocycles. The second kappa shape index (κ2) is 7.76. The molecule has 0 spiro atoms. The monoisotopic (exact) mass is 517 g/mol. The van der Waals surface area contributed by atoms with Crippen LogP contribution in [0, 0.1) is 0 Å². The van der Waals surface area contributed by atoms with Crippen molar-refractivity contribution in [3.8, 4) is 5.88 Å². The molecule has 1 saturated heterocycles. The van der Waals surface area contributed by atoms with Gasteiger partial charge in [0.25, 0.3) is 11.8 Å². The molecule has 2 amide bonds. The van der Waals surface area contributed by atoms with Gasteiger partial charge in [0, 0.05) is 28.8 Å². The molecule has 6 nitrogen and oxygen atoms in total. The van der Waals surface area contributed by atoms with Crippen LogP contribution in [0.25, 0.3) is 33.8 Å². The summed E-state index contributed by atoms with van der Waals surface area (Å²) in [7, 11) is 1.58. The molecular weight excluding hydrogens is 494 g/mol. The van der Waals surface area contributed by atoms with Crippen LogP contribution in [0.2, 0.25) is 0 Å². The molecule has 1 fully saturated rings. The smallest absolute Gasteiger partial charge is 0.270 e. The number of hydrogen-bond donors (Lipinski definition) is 0. The number of para-hydroxylation sites is 3. The highest BCUT2D eigenvalue weighted by Crippen LogP contribution is 2.48. The fourth-order valence-electron chi connectivity index (χ4n) is 5.75. The molecule has 0 N–H and O–H groups in total. The molecular formula is C31H23N3O3S. The first kappa shape index (κ1) is 22.7. The van der Waals surface area contributed by atoms with Crippen molar-refractivity contribution in [1.29, 1.82) is 0 Å². The lowest BCUT2D eigenvalue weighted by Gasteiger charge is -2.34. The largest absolute Gasteiger partial charge is 0.440 e. The maximum absolute atomic E-state index is 13.6. The predicted octanol–water partition coefficient (Wildman–Crippen LogP) is 6.19. The highest BCUT2D eigenvalue weighted by atomic mass is 32.1. The van der Waals surface area contributed by atoms with Crippen LogP contribution >= 0.6 is 12.2 Å². The van der Waals surface area contributed by atoms with E-state index >= 15 is 0 Å². The number of amides is 2. The van der Waals surface area contributed by atoms with Gasteiger partial charge < -0.3 is 4.42 Å². The Hall–Kier alpha value is -4.49. The molecule has 186 valence electrons. The SMILES string of the molecule is CN1C(=O)/C(=C\c2cc3c(o2)-n2c4ccccc4c4cccc(c42)C3(C)C)C(=O)N(c2ccccc2)C1=S. The van der Waals surface area contributed by atoms with Gasteiger partial charge in [0.1, 0.15) is 11.3 Å². The second-order valence-electron chi connectivity index (χ2n) is 10.2. The number of carbonyl (C=O) groups is 2. The number of carbonyl (C=O) groups excluding carboxylic acids is 2. The summed E-state index contributed by atoms with van der Waals surface area (Å²) in [6, 6.07) is 25.7. The van der Waals surface area contributed by atoms with Gasteiger partial charge in [-0.3, -0.25) is 24.0 Å². The van der Waals surface area contributed by atoms with Crippen molar-refractivity contribution in [2.45, 2.75) is 19.3 Å². The maximum Gasteiger partial charge on any atom is 0.270 e. The maximum atomic E-state index is 13.6. The Labute approximate surface area is 224 Å². The van der Waals surface area contributed by atoms with E-state index in [0.29, 0.717) is 17.3 Å². The number of rotatable bonds is 2. The van der Waals surface area contributed by atoms with Gasteiger partial charge in [-0.05, 0) is 48.1 Å². The second-order valence-corrected chi connectivity index (χ2v) is 10.6. The number of fused-ring (bicyclic) bond motifs is 5. The zero-order valence-corrected chi connectivity index (χ0v) is 21.9. The predicted molar refractivity (Wildman–Crippen MR) is 152 cm³/mol. The molecule has 0 atom stereocenters. The summed E-state index contributed by atoms with van der Waals surface area (Å²) in [4.78, 5) is 29.6. The van der Waals surface area contributed by atoms with Crippen LogP contribution in [0.4, 0.5) is 5.69 Å². The number of benzene rings is 3. The zero-order valence-electron chi connectivity index (χ0n) is 21.1. The quantitative estimate of drug-likeness (QED) is 0.159. The van der Waals surface area contributed by atoms with Crippen LogP contribution in [0.1, 0.15) is 30.7 Å². The number of hydrogen-bond acceptors (Lipinski definition) is 4. The molecule has 7 heteroatoms. The number of aromatic nitrogens is 1. The zero-order chi connectivity index (χ0) is 26.3. The number of nitrogens with zero attached hydrogens (tertiary/aromatic N) is 3. The van der Waals surface area contributed by atoms with Gasteiger partial charge in [-0.2, -0.15) is 0 Å². The Kier molecular flexibility index (Phi) is 4.63. The summed E-state index contributed by atoms with van der Waals surface area (Å²) >= 11 is 5.47. The van der Waals surface area contributed by atoms with Crippen LogP contribution < -0.4 is 4.90 Å². The fraction of sp³-hybridized carbons (Fsp3) is 0.129. The number of furan rings is 1. The summed E-state index contributed by atoms with van der Waals surface area (Å²) < 4.78 is 8.63. The lowest BCUT2D eigenvalue weighted by molar-refractivity contribution is -0.127. The molecule has 7 rings (SSSR count). The minimum Gasteiger partial charge on any atom is -0.440 e. The Morgan fingerprint density at radius 2 is 1.55 bits per heavy atom. The summed E-state index contributed by atoms with van der Waals surface area (Å²) in [5, 5.41) is 2.45. The third-order valence-electron chi connectivity index (χ3n) is 7.72. The lowest BCUT2D eigenvalue weighted by Crippen LogP contribution is -2.54. The van der Waals surface area contributed by atoms with Crippen LogP contribution in [-0.4, -0.2) is 33.4 Å². The fourth-order valence-corrected chi connectivity index (χ4v) is 6.02. The summed E-state index contributed by atoms with van der Waals surface area (Å²) in [5.74, 6) is 0.201. The van der Waals surface area contributed by atoms with E-state index in [4.69, 9.17) is 16.6 Å². The molecule has 0 aliphatic carbocycles. The van der Waals surface area contributed by atoms with Gasteiger partial charge in [-0.15, -0.1) is 0 Å². The Balaban J connectivity index is 1.43. The molecule has 4 heterocycles. The number of anilines is 1. The van der Waals surface area contributed by atoms with Gasteiger partial charge in [0.05, 0.1) is 16.7 Å². The van der Waals surface area contributed by atoms with Gasteiger partial charge in [-0.25, -0.2) is 0 Å². The molecule has 3 aromatic carbocycles. The van der Waals surface area contributed by atoms with Gasteiger partial charge in [0.15, 0.2) is 5.11 Å². The van der Waals surface area contributed by atoms with E-state index in [2.05, 4.69) is 48.7 Å². The van der Waals surface area contributed by atoms with E-state index in [0.717, 1.165) is 22.0 Å². The van der Waals surface area contributed by atoms with E-state index in [-0.39, 0.29) is 16.1 Å². The first-order valence-electron chi connectivity index (χ1n) is 12.4. The first-order valence-corrected chi connectivity index (χ1v) is 12.8. The third-order valence-corrected chi connectivity index (χ3v) is 8.18. The molecule has 5 aromatic rings. The van der Waals surface area contributed by atoms with E-state index in [9.17, 15) is 9.59 Å². The Bertz CT molecular complexity index is 1880. The normalized spacial score (nSPS) is 17.7. The Morgan fingerprint density at radius 1 is 0.842 bits per heavy atom. The van der Waals surface area contributed by atoms with Gasteiger partial charge in [-0.1, -0.05) is 68.4 Å². The summed E-state index contributed by atoms with van der Waals surface area (Å²) in [6.45, 7) is 4.35. The molecule has 38 heavy (non-hydrogen) atoms. The lowest BCUT2D eigenvalue weighted by atomic mass is 9.76. The number of thiocarbonyl (C=S) groups is 1. The standard InChI is InChI=1S/C31H23N3O3S/c1-31(2)23-14-9-13-21-20-12-7-8-15-25(20)34(26(21)23)29-24(31)17-19(37-29)16-22-27(35)32(3)30(38)33(28(22)36)18-10-5-4-6-11-18/h4-17H,1-3H3/b22-16+. The van der Waals surface area contributed by atoms with Crippen molar-refractivity contribution in [3.63, 3.8) is 0 Å². The van der Waals surface area contributed by atoms with E-state index in [1.165, 1.54) is 20.7 Å². The van der Waals surface area contributed by atoms with Crippen LogP contribution in [-0.2, 0) is 15.0 Å². The molecule has 2 aromatic heterocycles. The third kappa shape index (κ3) is 2.90. The van der Waals surface area contributed by atoms with Crippen LogP contribution in [0.15, 0.2) is 88.9 Å². The van der Waals surface area contributed by atoms with Crippen molar-refractivity contribution < 1.29 is 14.0 Å². The van der Waals surface area contributed by atoms with E-state index in [1.54, 1.807) is 25.3 Å². The Morgan fingerprint density at radius 3 is 2.34 bits per heavy atom. The molecule has 0 bridgehead atoms. The topological polar surface area (TPSA) is 58.7 Å². The van der Waals surface area contributed by atoms with Crippen molar-refractivity contribution in [3.05, 3.63) is 101 Å². The highest BCUT2D eigenvalue weighted by molar-refractivity contribution is 7.80. The van der Waals surface area contributed by atoms with Gasteiger partial charge in [0.2, 0.25) is 5.88 Å². The molecule has 0 radical (unpaired) electrons. The van der Waals surface area contributed by atoms with Crippen molar-refractivity contribution in [2.24, 2.45) is 0 Å². The van der Waals surface area contributed by atoms with E-state index < -0.39 is 11.8 Å². The molecule has 2 aliphatic rings. The van der Waals surface area contributed by atoms with E-state index in [1.807, 2.05) is 36.4 Å². The minimum absolute atomic E-state index is 0.00567. The average Bonchev–Trinajstić information content (AvgIpc) is 3.50. The van der Waals surface area contributed by atoms with Crippen LogP contribution in [0.5, 0.6) is 0 Å². The van der Waals surface area contributed by atoms with Crippen molar-refractivity contribution in [1.82, 2.24) is 9.47 Å².